The molecule has 0 spiro atoms. The van der Waals surface area contributed by atoms with Gasteiger partial charge in [-0.25, -0.2) is 14.4 Å². The molecule has 0 unspecified atom stereocenters. The molecule has 2 aromatic rings. The molecule has 1 saturated heterocycles. The quantitative estimate of drug-likeness (QED) is 0.896. The van der Waals surface area contributed by atoms with Crippen molar-refractivity contribution in [2.24, 2.45) is 4.99 Å². The number of hydrogen-bond donors (Lipinski definition) is 1. The van der Waals surface area contributed by atoms with Crippen LogP contribution in [-0.2, 0) is 11.4 Å². The van der Waals surface area contributed by atoms with Gasteiger partial charge in [0, 0.05) is 6.54 Å². The van der Waals surface area contributed by atoms with Gasteiger partial charge in [0.2, 0.25) is 5.96 Å². The normalized spacial score (nSPS) is 16.0. The molecule has 1 aliphatic rings. The molecule has 120 valence electrons. The van der Waals surface area contributed by atoms with E-state index in [1.165, 1.54) is 12.1 Å². The first-order valence-corrected chi connectivity index (χ1v) is 7.80. The number of halogens is 3. The average molecular weight is 354 g/mol. The number of guanidine groups is 1. The van der Waals surface area contributed by atoms with Crippen molar-refractivity contribution in [3.8, 4) is 0 Å². The van der Waals surface area contributed by atoms with Crippen molar-refractivity contribution in [3.05, 3.63) is 63.9 Å². The second kappa shape index (κ2) is 7.17. The Labute approximate surface area is 143 Å². The zero-order chi connectivity index (χ0) is 16.2. The van der Waals surface area contributed by atoms with Crippen molar-refractivity contribution < 1.29 is 9.23 Å². The monoisotopic (exact) mass is 353 g/mol. The number of benzene rings is 2. The van der Waals surface area contributed by atoms with E-state index in [0.29, 0.717) is 31.3 Å². The molecule has 0 radical (unpaired) electrons. The van der Waals surface area contributed by atoms with Crippen LogP contribution in [0, 0.1) is 5.82 Å². The third-order valence-corrected chi connectivity index (χ3v) is 3.84. The van der Waals surface area contributed by atoms with Crippen molar-refractivity contribution in [1.82, 2.24) is 10.4 Å². The topological polar surface area (TPSA) is 36.9 Å². The van der Waals surface area contributed by atoms with Crippen molar-refractivity contribution >= 4 is 34.8 Å². The molecule has 0 amide bonds. The summed E-state index contributed by atoms with van der Waals surface area (Å²) in [7, 11) is 0. The Morgan fingerprint density at radius 1 is 1.17 bits per heavy atom. The number of nitrogens with one attached hydrogen (secondary N) is 1. The lowest BCUT2D eigenvalue weighted by atomic mass is 10.2. The fraction of sp³-hybridized carbons (Fsp3) is 0.188. The minimum absolute atomic E-state index is 0.152. The summed E-state index contributed by atoms with van der Waals surface area (Å²) >= 11 is 12.0. The van der Waals surface area contributed by atoms with Crippen LogP contribution in [0.4, 0.5) is 10.1 Å². The Bertz CT molecular complexity index is 702. The van der Waals surface area contributed by atoms with Gasteiger partial charge in [-0.05, 0) is 17.7 Å². The summed E-state index contributed by atoms with van der Waals surface area (Å²) in [6, 6.07) is 12.2. The van der Waals surface area contributed by atoms with Crippen LogP contribution in [0.2, 0.25) is 10.0 Å². The Kier molecular flexibility index (Phi) is 5.00. The molecule has 1 heterocycles. The lowest BCUT2D eigenvalue weighted by Crippen LogP contribution is -2.30. The molecule has 7 heteroatoms. The highest BCUT2D eigenvalue weighted by atomic mass is 35.5. The van der Waals surface area contributed by atoms with Crippen molar-refractivity contribution in [2.45, 2.75) is 6.61 Å². The zero-order valence-corrected chi connectivity index (χ0v) is 13.6. The molecule has 0 saturated carbocycles. The predicted molar refractivity (Wildman–Crippen MR) is 89.5 cm³/mol. The highest BCUT2D eigenvalue weighted by molar-refractivity contribution is 6.38. The van der Waals surface area contributed by atoms with Crippen LogP contribution in [0.25, 0.3) is 0 Å². The van der Waals surface area contributed by atoms with Gasteiger partial charge in [-0.1, -0.05) is 53.5 Å². The highest BCUT2D eigenvalue weighted by Gasteiger charge is 2.20. The van der Waals surface area contributed by atoms with E-state index in [-0.39, 0.29) is 10.0 Å². The van der Waals surface area contributed by atoms with Crippen LogP contribution in [0.3, 0.4) is 0 Å². The number of rotatable bonds is 4. The van der Waals surface area contributed by atoms with Gasteiger partial charge in [0.1, 0.15) is 18.1 Å². The van der Waals surface area contributed by atoms with E-state index in [0.717, 1.165) is 5.56 Å². The van der Waals surface area contributed by atoms with Gasteiger partial charge in [0.05, 0.1) is 16.6 Å². The maximum absolute atomic E-state index is 13.2. The maximum Gasteiger partial charge on any atom is 0.223 e. The largest absolute Gasteiger partial charge is 0.352 e. The molecule has 0 aliphatic carbocycles. The summed E-state index contributed by atoms with van der Waals surface area (Å²) in [5.41, 5.74) is 1.36. The van der Waals surface area contributed by atoms with E-state index in [1.54, 1.807) is 5.06 Å². The Hall–Kier alpha value is -1.82. The van der Waals surface area contributed by atoms with Crippen molar-refractivity contribution in [1.29, 1.82) is 0 Å². The SMILES string of the molecule is Fc1cc(Cl)c(/N=C2\NCCN2OCc2ccccc2)c(Cl)c1. The summed E-state index contributed by atoms with van der Waals surface area (Å²) in [4.78, 5) is 10.1. The Morgan fingerprint density at radius 3 is 2.57 bits per heavy atom. The van der Waals surface area contributed by atoms with Gasteiger partial charge in [-0.15, -0.1) is 0 Å². The molecule has 1 aliphatic heterocycles. The van der Waals surface area contributed by atoms with Crippen molar-refractivity contribution in [2.75, 3.05) is 13.1 Å². The maximum atomic E-state index is 13.2. The minimum Gasteiger partial charge on any atom is -0.352 e. The van der Waals surface area contributed by atoms with Crippen LogP contribution in [0.1, 0.15) is 5.56 Å². The molecule has 23 heavy (non-hydrogen) atoms. The summed E-state index contributed by atoms with van der Waals surface area (Å²) < 4.78 is 13.2. The lowest BCUT2D eigenvalue weighted by Gasteiger charge is -2.17. The standard InChI is InChI=1S/C16H14Cl2FN3O/c17-13-8-12(19)9-14(18)15(13)21-16-20-6-7-22(16)23-10-11-4-2-1-3-5-11/h1-5,8-9H,6-7,10H2,(H,20,21). The lowest BCUT2D eigenvalue weighted by molar-refractivity contribution is -0.102. The zero-order valence-electron chi connectivity index (χ0n) is 12.1. The van der Waals surface area contributed by atoms with Gasteiger partial charge < -0.3 is 5.32 Å². The van der Waals surface area contributed by atoms with Gasteiger partial charge in [0.15, 0.2) is 0 Å². The summed E-state index contributed by atoms with van der Waals surface area (Å²) in [6.07, 6.45) is 0. The molecule has 0 bridgehead atoms. The Morgan fingerprint density at radius 2 is 1.87 bits per heavy atom. The third-order valence-electron chi connectivity index (χ3n) is 3.26. The van der Waals surface area contributed by atoms with Crippen molar-refractivity contribution in [3.63, 3.8) is 0 Å². The number of nitrogens with zero attached hydrogens (tertiary/aromatic N) is 2. The fourth-order valence-corrected chi connectivity index (χ4v) is 2.70. The molecular formula is C16H14Cl2FN3O. The molecule has 3 rings (SSSR count). The van der Waals surface area contributed by atoms with Crippen LogP contribution in [0.5, 0.6) is 0 Å². The molecule has 1 fully saturated rings. The first-order valence-electron chi connectivity index (χ1n) is 7.05. The number of aliphatic imine (C=N–C) groups is 1. The predicted octanol–water partition coefficient (Wildman–Crippen LogP) is 4.16. The van der Waals surface area contributed by atoms with E-state index in [1.807, 2.05) is 30.3 Å². The van der Waals surface area contributed by atoms with E-state index in [4.69, 9.17) is 28.0 Å². The van der Waals surface area contributed by atoms with Crippen LogP contribution < -0.4 is 5.32 Å². The van der Waals surface area contributed by atoms with Crippen LogP contribution in [0.15, 0.2) is 47.5 Å². The van der Waals surface area contributed by atoms with E-state index < -0.39 is 5.82 Å². The molecule has 4 nitrogen and oxygen atoms in total. The molecule has 0 atom stereocenters. The van der Waals surface area contributed by atoms with Crippen LogP contribution >= 0.6 is 23.2 Å². The first kappa shape index (κ1) is 16.1. The van der Waals surface area contributed by atoms with E-state index in [2.05, 4.69) is 10.3 Å². The van der Waals surface area contributed by atoms with Gasteiger partial charge in [-0.3, -0.25) is 4.84 Å². The average Bonchev–Trinajstić information content (AvgIpc) is 2.97. The van der Waals surface area contributed by atoms with Gasteiger partial charge in [0.25, 0.3) is 0 Å². The van der Waals surface area contributed by atoms with Crippen LogP contribution in [-0.4, -0.2) is 24.1 Å². The molecule has 2 aromatic carbocycles. The van der Waals surface area contributed by atoms with Gasteiger partial charge in [-0.2, -0.15) is 0 Å². The first-order chi connectivity index (χ1) is 11.1. The summed E-state index contributed by atoms with van der Waals surface area (Å²) in [5, 5.41) is 5.05. The molecule has 1 N–H and O–H groups in total. The highest BCUT2D eigenvalue weighted by Crippen LogP contribution is 2.34. The fourth-order valence-electron chi connectivity index (χ4n) is 2.16. The Balaban J connectivity index is 1.76. The summed E-state index contributed by atoms with van der Waals surface area (Å²) in [5.74, 6) is -0.00291. The smallest absolute Gasteiger partial charge is 0.223 e. The number of hydrogen-bond acceptors (Lipinski definition) is 2. The van der Waals surface area contributed by atoms with Gasteiger partial charge >= 0.3 is 0 Å². The third kappa shape index (κ3) is 3.93. The minimum atomic E-state index is -0.500. The van der Waals surface area contributed by atoms with E-state index >= 15 is 0 Å². The second-order valence-corrected chi connectivity index (χ2v) is 5.76. The molecular weight excluding hydrogens is 340 g/mol. The van der Waals surface area contributed by atoms with E-state index in [9.17, 15) is 4.39 Å². The number of hydroxylamine groups is 2. The molecule has 0 aromatic heterocycles. The summed E-state index contributed by atoms with van der Waals surface area (Å²) in [6.45, 7) is 1.75. The second-order valence-electron chi connectivity index (χ2n) is 4.94.